The van der Waals surface area contributed by atoms with E-state index in [1.165, 1.54) is 18.2 Å². The molecule has 2 atom stereocenters. The van der Waals surface area contributed by atoms with Gasteiger partial charge in [-0.15, -0.1) is 0 Å². The van der Waals surface area contributed by atoms with E-state index in [0.717, 1.165) is 34.4 Å². The molecule has 2 aliphatic rings. The van der Waals surface area contributed by atoms with Crippen molar-refractivity contribution in [1.82, 2.24) is 0 Å². The third-order valence-electron chi connectivity index (χ3n) is 4.91. The summed E-state index contributed by atoms with van der Waals surface area (Å²) in [5, 5.41) is 0. The molecule has 5 heteroatoms. The van der Waals surface area contributed by atoms with Crippen LogP contribution < -0.4 is 9.47 Å². The predicted octanol–water partition coefficient (Wildman–Crippen LogP) is 4.55. The lowest BCUT2D eigenvalue weighted by Gasteiger charge is -2.16. The predicted molar refractivity (Wildman–Crippen MR) is 97.1 cm³/mol. The van der Waals surface area contributed by atoms with Gasteiger partial charge in [-0.2, -0.15) is 0 Å². The van der Waals surface area contributed by atoms with Crippen LogP contribution >= 0.6 is 15.9 Å². The number of hydrogen-bond acceptors (Lipinski definition) is 4. The zero-order valence-electron chi connectivity index (χ0n) is 14.0. The van der Waals surface area contributed by atoms with Gasteiger partial charge in [-0.1, -0.05) is 28.1 Å². The molecule has 1 heterocycles. The number of halogens is 1. The van der Waals surface area contributed by atoms with Gasteiger partial charge in [-0.05, 0) is 42.2 Å². The number of methoxy groups -OCH3 is 1. The van der Waals surface area contributed by atoms with Gasteiger partial charge in [-0.3, -0.25) is 4.79 Å². The Labute approximate surface area is 155 Å². The summed E-state index contributed by atoms with van der Waals surface area (Å²) in [6.07, 6.45) is 2.43. The molecule has 25 heavy (non-hydrogen) atoms. The second-order valence-electron chi connectivity index (χ2n) is 6.48. The molecule has 0 fully saturated rings. The molecule has 2 aromatic rings. The largest absolute Gasteiger partial charge is 0.492 e. The van der Waals surface area contributed by atoms with E-state index in [1.807, 2.05) is 18.2 Å². The molecule has 0 aromatic heterocycles. The number of ether oxygens (including phenoxy) is 3. The van der Waals surface area contributed by atoms with E-state index in [9.17, 15) is 4.79 Å². The van der Waals surface area contributed by atoms with Crippen LogP contribution in [-0.4, -0.2) is 19.7 Å². The molecule has 0 saturated heterocycles. The van der Waals surface area contributed by atoms with Crippen LogP contribution in [0, 0.1) is 0 Å². The van der Waals surface area contributed by atoms with Gasteiger partial charge in [0.15, 0.2) is 0 Å². The minimum atomic E-state index is -0.213. The average molecular weight is 403 g/mol. The lowest BCUT2D eigenvalue weighted by Crippen LogP contribution is -2.09. The SMILES string of the molecule is COC(=O)CC1COc2cc(O[C@H]3CCc4ccc(Br)cc43)ccc21. The van der Waals surface area contributed by atoms with Crippen LogP contribution in [0.15, 0.2) is 40.9 Å². The van der Waals surface area contributed by atoms with E-state index in [-0.39, 0.29) is 18.0 Å². The van der Waals surface area contributed by atoms with Crippen LogP contribution in [0.4, 0.5) is 0 Å². The molecule has 0 radical (unpaired) electrons. The minimum Gasteiger partial charge on any atom is -0.492 e. The standard InChI is InChI=1S/C20H19BrO4/c1-23-20(22)8-13-11-24-19-10-15(5-6-16(13)19)25-18-7-3-12-2-4-14(21)9-17(12)18/h2,4-6,9-10,13,18H,3,7-8,11H2,1H3/t13?,18-/m0/s1. The molecule has 1 aliphatic heterocycles. The lowest BCUT2D eigenvalue weighted by molar-refractivity contribution is -0.141. The fourth-order valence-electron chi connectivity index (χ4n) is 3.61. The van der Waals surface area contributed by atoms with Crippen LogP contribution in [0.3, 0.4) is 0 Å². The summed E-state index contributed by atoms with van der Waals surface area (Å²) in [5.41, 5.74) is 3.65. The van der Waals surface area contributed by atoms with Gasteiger partial charge in [0.2, 0.25) is 0 Å². The van der Waals surface area contributed by atoms with Gasteiger partial charge in [0, 0.05) is 22.0 Å². The summed E-state index contributed by atoms with van der Waals surface area (Å²) in [5.74, 6) is 1.45. The van der Waals surface area contributed by atoms with Gasteiger partial charge in [0.05, 0.1) is 20.1 Å². The number of fused-ring (bicyclic) bond motifs is 2. The first-order valence-corrected chi connectivity index (χ1v) is 9.22. The number of esters is 1. The van der Waals surface area contributed by atoms with Gasteiger partial charge < -0.3 is 14.2 Å². The molecule has 0 spiro atoms. The molecular formula is C20H19BrO4. The normalized spacial score (nSPS) is 20.6. The lowest BCUT2D eigenvalue weighted by atomic mass is 9.98. The maximum Gasteiger partial charge on any atom is 0.306 e. The molecule has 1 unspecified atom stereocenters. The Morgan fingerprint density at radius 1 is 1.24 bits per heavy atom. The highest BCUT2D eigenvalue weighted by molar-refractivity contribution is 9.10. The molecule has 0 bridgehead atoms. The van der Waals surface area contributed by atoms with Gasteiger partial charge in [-0.25, -0.2) is 0 Å². The van der Waals surface area contributed by atoms with E-state index in [2.05, 4.69) is 34.1 Å². The highest BCUT2D eigenvalue weighted by Crippen LogP contribution is 2.41. The highest BCUT2D eigenvalue weighted by Gasteiger charge is 2.28. The fraction of sp³-hybridized carbons (Fsp3) is 0.350. The molecule has 130 valence electrons. The molecule has 2 aromatic carbocycles. The second-order valence-corrected chi connectivity index (χ2v) is 7.39. The smallest absolute Gasteiger partial charge is 0.306 e. The maximum absolute atomic E-state index is 11.5. The average Bonchev–Trinajstić information content (AvgIpc) is 3.19. The van der Waals surface area contributed by atoms with Crippen LogP contribution in [0.5, 0.6) is 11.5 Å². The van der Waals surface area contributed by atoms with Crippen molar-refractivity contribution in [3.8, 4) is 11.5 Å². The van der Waals surface area contributed by atoms with Crippen LogP contribution in [0.1, 0.15) is 41.6 Å². The van der Waals surface area contributed by atoms with Crippen LogP contribution in [0.2, 0.25) is 0 Å². The monoisotopic (exact) mass is 402 g/mol. The first kappa shape index (κ1) is 16.5. The first-order valence-electron chi connectivity index (χ1n) is 8.42. The molecule has 0 N–H and O–H groups in total. The summed E-state index contributed by atoms with van der Waals surface area (Å²) in [6, 6.07) is 12.3. The molecule has 0 amide bonds. The summed E-state index contributed by atoms with van der Waals surface area (Å²) in [6.45, 7) is 0.507. The van der Waals surface area contributed by atoms with E-state index < -0.39 is 0 Å². The van der Waals surface area contributed by atoms with Gasteiger partial charge in [0.1, 0.15) is 17.6 Å². The Morgan fingerprint density at radius 2 is 2.12 bits per heavy atom. The van der Waals surface area contributed by atoms with Crippen LogP contribution in [-0.2, 0) is 16.0 Å². The van der Waals surface area contributed by atoms with Crippen molar-refractivity contribution in [2.45, 2.75) is 31.3 Å². The van der Waals surface area contributed by atoms with Crippen molar-refractivity contribution in [3.63, 3.8) is 0 Å². The zero-order chi connectivity index (χ0) is 17.4. The van der Waals surface area contributed by atoms with Crippen molar-refractivity contribution in [3.05, 3.63) is 57.6 Å². The first-order chi connectivity index (χ1) is 12.1. The fourth-order valence-corrected chi connectivity index (χ4v) is 3.98. The highest BCUT2D eigenvalue weighted by atomic mass is 79.9. The van der Waals surface area contributed by atoms with Gasteiger partial charge in [0.25, 0.3) is 0 Å². The summed E-state index contributed by atoms with van der Waals surface area (Å²) >= 11 is 3.54. The number of aryl methyl sites for hydroxylation is 1. The number of rotatable bonds is 4. The van der Waals surface area contributed by atoms with Crippen LogP contribution in [0.25, 0.3) is 0 Å². The molecule has 4 nitrogen and oxygen atoms in total. The number of carbonyl (C=O) groups excluding carboxylic acids is 1. The quantitative estimate of drug-likeness (QED) is 0.703. The number of carbonyl (C=O) groups is 1. The van der Waals surface area contributed by atoms with E-state index in [4.69, 9.17) is 14.2 Å². The Balaban J connectivity index is 1.51. The van der Waals surface area contributed by atoms with E-state index >= 15 is 0 Å². The van der Waals surface area contributed by atoms with Crippen molar-refractivity contribution in [2.75, 3.05) is 13.7 Å². The number of benzene rings is 2. The molecule has 0 saturated carbocycles. The molecular weight excluding hydrogens is 384 g/mol. The van der Waals surface area contributed by atoms with Crippen molar-refractivity contribution in [2.24, 2.45) is 0 Å². The van der Waals surface area contributed by atoms with Gasteiger partial charge >= 0.3 is 5.97 Å². The second kappa shape index (κ2) is 6.71. The zero-order valence-corrected chi connectivity index (χ0v) is 15.5. The third-order valence-corrected chi connectivity index (χ3v) is 5.41. The van der Waals surface area contributed by atoms with Crippen molar-refractivity contribution < 1.29 is 19.0 Å². The van der Waals surface area contributed by atoms with Crippen molar-refractivity contribution >= 4 is 21.9 Å². The Bertz CT molecular complexity index is 817. The van der Waals surface area contributed by atoms with E-state index in [1.54, 1.807) is 0 Å². The summed E-state index contributed by atoms with van der Waals surface area (Å²) in [7, 11) is 1.41. The maximum atomic E-state index is 11.5. The summed E-state index contributed by atoms with van der Waals surface area (Å²) in [4.78, 5) is 11.5. The third kappa shape index (κ3) is 3.25. The Morgan fingerprint density at radius 3 is 2.96 bits per heavy atom. The minimum absolute atomic E-state index is 0.0552. The topological polar surface area (TPSA) is 44.8 Å². The molecule has 4 rings (SSSR count). The van der Waals surface area contributed by atoms with Crippen molar-refractivity contribution in [1.29, 1.82) is 0 Å². The molecule has 1 aliphatic carbocycles. The summed E-state index contributed by atoms with van der Waals surface area (Å²) < 4.78 is 17.8. The number of hydrogen-bond donors (Lipinski definition) is 0. The Kier molecular flexibility index (Phi) is 4.42. The van der Waals surface area contributed by atoms with E-state index in [0.29, 0.717) is 13.0 Å². The Hall–Kier alpha value is -2.01.